The fourth-order valence-corrected chi connectivity index (χ4v) is 3.29. The van der Waals surface area contributed by atoms with E-state index in [9.17, 15) is 4.79 Å². The van der Waals surface area contributed by atoms with Crippen LogP contribution in [-0.4, -0.2) is 0 Å². The molecule has 0 N–H and O–H groups in total. The zero-order valence-corrected chi connectivity index (χ0v) is 17.5. The Balaban J connectivity index is 1.57. The Kier molecular flexibility index (Phi) is 5.77. The standard InChI is InChI=1S/C25H21ClO4/c1-16(2)20-5-3-4-6-22(20)30-24-15-29-23-13-19(11-12-21(23)25(24)27)28-14-17-7-9-18(26)10-8-17/h3-13,15-16H,14H2,1-2H3. The van der Waals surface area contributed by atoms with Crippen molar-refractivity contribution in [3.05, 3.63) is 99.4 Å². The first-order valence-corrected chi connectivity index (χ1v) is 10.1. The van der Waals surface area contributed by atoms with Crippen LogP contribution >= 0.6 is 11.6 Å². The van der Waals surface area contributed by atoms with Gasteiger partial charge in [0.1, 0.15) is 30.0 Å². The van der Waals surface area contributed by atoms with Crippen molar-refractivity contribution in [1.82, 2.24) is 0 Å². The second-order valence-electron chi connectivity index (χ2n) is 7.30. The third-order valence-electron chi connectivity index (χ3n) is 4.79. The third-order valence-corrected chi connectivity index (χ3v) is 5.05. The minimum atomic E-state index is -0.223. The maximum Gasteiger partial charge on any atom is 0.235 e. The van der Waals surface area contributed by atoms with Crippen LogP contribution in [0.15, 0.2) is 82.2 Å². The van der Waals surface area contributed by atoms with Crippen molar-refractivity contribution in [3.8, 4) is 17.2 Å². The Labute approximate surface area is 179 Å². The molecule has 4 nitrogen and oxygen atoms in total. The van der Waals surface area contributed by atoms with Gasteiger partial charge in [-0.05, 0) is 47.4 Å². The lowest BCUT2D eigenvalue weighted by Crippen LogP contribution is -2.06. The lowest BCUT2D eigenvalue weighted by Gasteiger charge is -2.13. The fourth-order valence-electron chi connectivity index (χ4n) is 3.17. The molecular weight excluding hydrogens is 400 g/mol. The third kappa shape index (κ3) is 4.34. The summed E-state index contributed by atoms with van der Waals surface area (Å²) in [4.78, 5) is 12.9. The van der Waals surface area contributed by atoms with Crippen molar-refractivity contribution in [2.75, 3.05) is 0 Å². The van der Waals surface area contributed by atoms with E-state index < -0.39 is 0 Å². The van der Waals surface area contributed by atoms with E-state index in [4.69, 9.17) is 25.5 Å². The fraction of sp³-hybridized carbons (Fsp3) is 0.160. The van der Waals surface area contributed by atoms with Crippen LogP contribution in [0.1, 0.15) is 30.9 Å². The average Bonchev–Trinajstić information content (AvgIpc) is 2.75. The van der Waals surface area contributed by atoms with E-state index in [1.54, 1.807) is 18.2 Å². The van der Waals surface area contributed by atoms with Crippen LogP contribution in [0, 0.1) is 0 Å². The van der Waals surface area contributed by atoms with Gasteiger partial charge in [-0.1, -0.05) is 55.8 Å². The summed E-state index contributed by atoms with van der Waals surface area (Å²) in [7, 11) is 0. The van der Waals surface area contributed by atoms with Gasteiger partial charge in [0.2, 0.25) is 11.2 Å². The van der Waals surface area contributed by atoms with Crippen LogP contribution in [0.4, 0.5) is 0 Å². The van der Waals surface area contributed by atoms with Crippen molar-refractivity contribution in [2.45, 2.75) is 26.4 Å². The Hall–Kier alpha value is -3.24. The molecule has 152 valence electrons. The molecule has 0 saturated carbocycles. The number of fused-ring (bicyclic) bond motifs is 1. The van der Waals surface area contributed by atoms with E-state index in [-0.39, 0.29) is 17.1 Å². The number of rotatable bonds is 6. The van der Waals surface area contributed by atoms with Crippen LogP contribution in [-0.2, 0) is 6.61 Å². The normalized spacial score (nSPS) is 11.1. The number of ether oxygens (including phenoxy) is 2. The first-order valence-electron chi connectivity index (χ1n) is 9.71. The van der Waals surface area contributed by atoms with E-state index >= 15 is 0 Å². The van der Waals surface area contributed by atoms with Gasteiger partial charge >= 0.3 is 0 Å². The molecule has 0 atom stereocenters. The summed E-state index contributed by atoms with van der Waals surface area (Å²) in [6.45, 7) is 4.55. The first-order chi connectivity index (χ1) is 14.5. The van der Waals surface area contributed by atoms with Crippen molar-refractivity contribution >= 4 is 22.6 Å². The van der Waals surface area contributed by atoms with Gasteiger partial charge in [-0.25, -0.2) is 0 Å². The largest absolute Gasteiger partial charge is 0.489 e. The highest BCUT2D eigenvalue weighted by Gasteiger charge is 2.13. The molecule has 0 aliphatic heterocycles. The summed E-state index contributed by atoms with van der Waals surface area (Å²) in [6, 6.07) is 20.3. The van der Waals surface area contributed by atoms with Crippen LogP contribution < -0.4 is 14.9 Å². The molecule has 0 fully saturated rings. The summed E-state index contributed by atoms with van der Waals surface area (Å²) in [5.41, 5.74) is 2.24. The topological polar surface area (TPSA) is 48.7 Å². The van der Waals surface area contributed by atoms with Gasteiger partial charge in [0.15, 0.2) is 0 Å². The van der Waals surface area contributed by atoms with Crippen LogP contribution in [0.2, 0.25) is 5.02 Å². The minimum Gasteiger partial charge on any atom is -0.489 e. The van der Waals surface area contributed by atoms with E-state index in [1.807, 2.05) is 48.5 Å². The Morgan fingerprint density at radius 3 is 2.50 bits per heavy atom. The summed E-state index contributed by atoms with van der Waals surface area (Å²) >= 11 is 5.90. The van der Waals surface area contributed by atoms with Gasteiger partial charge in [0.05, 0.1) is 5.39 Å². The van der Waals surface area contributed by atoms with Crippen LogP contribution in [0.3, 0.4) is 0 Å². The van der Waals surface area contributed by atoms with Crippen LogP contribution in [0.5, 0.6) is 17.2 Å². The van der Waals surface area contributed by atoms with E-state index in [1.165, 1.54) is 6.26 Å². The predicted molar refractivity (Wildman–Crippen MR) is 119 cm³/mol. The summed E-state index contributed by atoms with van der Waals surface area (Å²) < 4.78 is 17.4. The number of para-hydroxylation sites is 1. The number of benzene rings is 3. The Morgan fingerprint density at radius 1 is 0.967 bits per heavy atom. The molecule has 1 aromatic heterocycles. The average molecular weight is 421 g/mol. The molecule has 0 radical (unpaired) electrons. The molecule has 0 bridgehead atoms. The van der Waals surface area contributed by atoms with Gasteiger partial charge in [-0.15, -0.1) is 0 Å². The van der Waals surface area contributed by atoms with Gasteiger partial charge in [-0.3, -0.25) is 4.79 Å². The molecule has 4 aromatic rings. The second kappa shape index (κ2) is 8.64. The van der Waals surface area contributed by atoms with Gasteiger partial charge < -0.3 is 13.9 Å². The second-order valence-corrected chi connectivity index (χ2v) is 7.73. The maximum absolute atomic E-state index is 12.9. The first kappa shape index (κ1) is 20.0. The quantitative estimate of drug-likeness (QED) is 0.339. The monoisotopic (exact) mass is 420 g/mol. The van der Waals surface area contributed by atoms with Gasteiger partial charge in [0.25, 0.3) is 0 Å². The van der Waals surface area contributed by atoms with E-state index in [0.29, 0.717) is 34.1 Å². The van der Waals surface area contributed by atoms with E-state index in [0.717, 1.165) is 11.1 Å². The van der Waals surface area contributed by atoms with Crippen molar-refractivity contribution < 1.29 is 13.9 Å². The Morgan fingerprint density at radius 2 is 1.73 bits per heavy atom. The van der Waals surface area contributed by atoms with Crippen molar-refractivity contribution in [2.24, 2.45) is 0 Å². The van der Waals surface area contributed by atoms with Gasteiger partial charge in [0, 0.05) is 11.1 Å². The molecule has 0 amide bonds. The molecule has 0 aliphatic carbocycles. The molecule has 1 heterocycles. The molecular formula is C25H21ClO4. The summed E-state index contributed by atoms with van der Waals surface area (Å²) in [5.74, 6) is 1.70. The minimum absolute atomic E-state index is 0.158. The lowest BCUT2D eigenvalue weighted by molar-refractivity contribution is 0.306. The van der Waals surface area contributed by atoms with Crippen LogP contribution in [0.25, 0.3) is 11.0 Å². The zero-order valence-electron chi connectivity index (χ0n) is 16.7. The smallest absolute Gasteiger partial charge is 0.235 e. The molecule has 0 unspecified atom stereocenters. The highest BCUT2D eigenvalue weighted by molar-refractivity contribution is 6.30. The van der Waals surface area contributed by atoms with Crippen molar-refractivity contribution in [1.29, 1.82) is 0 Å². The molecule has 0 aliphatic rings. The Bertz CT molecular complexity index is 1230. The number of halogens is 1. The predicted octanol–water partition coefficient (Wildman–Crippen LogP) is 6.94. The van der Waals surface area contributed by atoms with Crippen molar-refractivity contribution in [3.63, 3.8) is 0 Å². The highest BCUT2D eigenvalue weighted by Crippen LogP contribution is 2.30. The molecule has 0 saturated heterocycles. The highest BCUT2D eigenvalue weighted by atomic mass is 35.5. The molecule has 3 aromatic carbocycles. The number of hydrogen-bond acceptors (Lipinski definition) is 4. The number of hydrogen-bond donors (Lipinski definition) is 0. The van der Waals surface area contributed by atoms with E-state index in [2.05, 4.69) is 13.8 Å². The maximum atomic E-state index is 12.9. The molecule has 0 spiro atoms. The molecule has 5 heteroatoms. The summed E-state index contributed by atoms with van der Waals surface area (Å²) in [5, 5.41) is 1.12. The lowest BCUT2D eigenvalue weighted by atomic mass is 10.0. The molecule has 4 rings (SSSR count). The summed E-state index contributed by atoms with van der Waals surface area (Å²) in [6.07, 6.45) is 1.35. The SMILES string of the molecule is CC(C)c1ccccc1Oc1coc2cc(OCc3ccc(Cl)cc3)ccc2c1=O. The van der Waals surface area contributed by atoms with Gasteiger partial charge in [-0.2, -0.15) is 0 Å². The molecule has 30 heavy (non-hydrogen) atoms. The zero-order chi connectivity index (χ0) is 21.1.